The average Bonchev–Trinajstić information content (AvgIpc) is 2.93. The van der Waals surface area contributed by atoms with Crippen LogP contribution in [-0.4, -0.2) is 77.6 Å². The Morgan fingerprint density at radius 2 is 2.00 bits per heavy atom. The molecule has 0 unspecified atom stereocenters. The first-order chi connectivity index (χ1) is 12.7. The Labute approximate surface area is 154 Å². The summed E-state index contributed by atoms with van der Waals surface area (Å²) in [5.41, 5.74) is 1.05. The molecule has 2 aliphatic rings. The number of methoxy groups -OCH3 is 1. The number of hydrogen-bond donors (Lipinski definition) is 0. The van der Waals surface area contributed by atoms with E-state index in [4.69, 9.17) is 4.74 Å². The Kier molecular flexibility index (Phi) is 6.44. The molecule has 0 radical (unpaired) electrons. The summed E-state index contributed by atoms with van der Waals surface area (Å²) in [5, 5.41) is 0. The minimum atomic E-state index is -0.394. The second kappa shape index (κ2) is 8.98. The van der Waals surface area contributed by atoms with Crippen LogP contribution in [0.5, 0.6) is 0 Å². The van der Waals surface area contributed by atoms with Gasteiger partial charge in [0.25, 0.3) is 0 Å². The molecule has 0 spiro atoms. The maximum atomic E-state index is 13.0. The van der Waals surface area contributed by atoms with Gasteiger partial charge in [-0.3, -0.25) is 19.6 Å². The van der Waals surface area contributed by atoms with E-state index in [1.54, 1.807) is 4.90 Å². The van der Waals surface area contributed by atoms with Gasteiger partial charge >= 0.3 is 6.09 Å². The second-order valence-electron chi connectivity index (χ2n) is 6.95. The molecule has 0 saturated carbocycles. The van der Waals surface area contributed by atoms with E-state index in [1.165, 1.54) is 7.11 Å². The lowest BCUT2D eigenvalue weighted by Crippen LogP contribution is -2.53. The van der Waals surface area contributed by atoms with Crippen LogP contribution in [-0.2, 0) is 16.1 Å². The SMILES string of the molecule is COC(=O)N1CCCC[C@@H]1C(=O)N1CCCN(Cc2ccccn2)CC1. The van der Waals surface area contributed by atoms with E-state index in [0.717, 1.165) is 57.6 Å². The molecule has 2 amide bonds. The van der Waals surface area contributed by atoms with E-state index < -0.39 is 6.09 Å². The van der Waals surface area contributed by atoms with Crippen LogP contribution in [0.4, 0.5) is 4.79 Å². The van der Waals surface area contributed by atoms with E-state index in [-0.39, 0.29) is 11.9 Å². The van der Waals surface area contributed by atoms with Gasteiger partial charge in [-0.05, 0) is 37.8 Å². The van der Waals surface area contributed by atoms with Gasteiger partial charge in [0.2, 0.25) is 5.91 Å². The second-order valence-corrected chi connectivity index (χ2v) is 6.95. The molecule has 0 N–H and O–H groups in total. The van der Waals surface area contributed by atoms with Crippen LogP contribution in [0.15, 0.2) is 24.4 Å². The van der Waals surface area contributed by atoms with Crippen molar-refractivity contribution >= 4 is 12.0 Å². The third-order valence-electron chi connectivity index (χ3n) is 5.21. The zero-order valence-corrected chi connectivity index (χ0v) is 15.5. The van der Waals surface area contributed by atoms with Gasteiger partial charge in [0.15, 0.2) is 0 Å². The predicted octanol–water partition coefficient (Wildman–Crippen LogP) is 1.74. The van der Waals surface area contributed by atoms with Crippen LogP contribution < -0.4 is 0 Å². The zero-order valence-electron chi connectivity index (χ0n) is 15.5. The van der Waals surface area contributed by atoms with Crippen molar-refractivity contribution in [3.8, 4) is 0 Å². The smallest absolute Gasteiger partial charge is 0.410 e. The highest BCUT2D eigenvalue weighted by molar-refractivity contribution is 5.86. The highest BCUT2D eigenvalue weighted by Gasteiger charge is 2.35. The van der Waals surface area contributed by atoms with Crippen molar-refractivity contribution in [2.75, 3.05) is 39.8 Å². The Morgan fingerprint density at radius 3 is 2.77 bits per heavy atom. The van der Waals surface area contributed by atoms with Gasteiger partial charge < -0.3 is 9.64 Å². The molecule has 2 saturated heterocycles. The van der Waals surface area contributed by atoms with Crippen molar-refractivity contribution in [1.29, 1.82) is 0 Å². The molecule has 26 heavy (non-hydrogen) atoms. The minimum Gasteiger partial charge on any atom is -0.453 e. The Hall–Kier alpha value is -2.15. The van der Waals surface area contributed by atoms with Crippen molar-refractivity contribution in [3.63, 3.8) is 0 Å². The standard InChI is InChI=1S/C19H28N4O3/c1-26-19(25)23-12-5-3-8-17(23)18(24)22-11-6-10-21(13-14-22)15-16-7-2-4-9-20-16/h2,4,7,9,17H,3,5-6,8,10-15H2,1H3/t17-/m1/s1. The lowest BCUT2D eigenvalue weighted by Gasteiger charge is -2.36. The molecule has 7 nitrogen and oxygen atoms in total. The number of rotatable bonds is 3. The van der Waals surface area contributed by atoms with Gasteiger partial charge in [-0.15, -0.1) is 0 Å². The summed E-state index contributed by atoms with van der Waals surface area (Å²) in [4.78, 5) is 35.3. The lowest BCUT2D eigenvalue weighted by molar-refractivity contribution is -0.137. The minimum absolute atomic E-state index is 0.0646. The molecule has 1 atom stereocenters. The molecule has 2 fully saturated rings. The zero-order chi connectivity index (χ0) is 18.4. The van der Waals surface area contributed by atoms with E-state index in [9.17, 15) is 9.59 Å². The molecule has 7 heteroatoms. The van der Waals surface area contributed by atoms with Crippen LogP contribution in [0.25, 0.3) is 0 Å². The summed E-state index contributed by atoms with van der Waals surface area (Å²) in [6, 6.07) is 5.58. The number of pyridine rings is 1. The van der Waals surface area contributed by atoms with Crippen LogP contribution in [0.3, 0.4) is 0 Å². The first-order valence-electron chi connectivity index (χ1n) is 9.44. The molecule has 2 aliphatic heterocycles. The molecule has 0 aromatic carbocycles. The molecule has 1 aromatic rings. The lowest BCUT2D eigenvalue weighted by atomic mass is 10.0. The monoisotopic (exact) mass is 360 g/mol. The van der Waals surface area contributed by atoms with Crippen LogP contribution in [0.1, 0.15) is 31.4 Å². The highest BCUT2D eigenvalue weighted by Crippen LogP contribution is 2.21. The van der Waals surface area contributed by atoms with Gasteiger partial charge in [-0.1, -0.05) is 6.07 Å². The summed E-state index contributed by atoms with van der Waals surface area (Å²) in [6.07, 6.45) is 4.98. The quantitative estimate of drug-likeness (QED) is 0.821. The first-order valence-corrected chi connectivity index (χ1v) is 9.44. The number of amides is 2. The van der Waals surface area contributed by atoms with Crippen molar-refractivity contribution in [2.45, 2.75) is 38.3 Å². The molecule has 0 bridgehead atoms. The molecule has 0 aliphatic carbocycles. The number of carbonyl (C=O) groups is 2. The maximum absolute atomic E-state index is 13.0. The van der Waals surface area contributed by atoms with E-state index >= 15 is 0 Å². The third-order valence-corrected chi connectivity index (χ3v) is 5.21. The normalized spacial score (nSPS) is 22.0. The summed E-state index contributed by atoms with van der Waals surface area (Å²) in [6.45, 7) is 4.61. The number of carbonyl (C=O) groups excluding carboxylic acids is 2. The van der Waals surface area contributed by atoms with Crippen molar-refractivity contribution in [3.05, 3.63) is 30.1 Å². The number of likely N-dealkylation sites (tertiary alicyclic amines) is 1. The van der Waals surface area contributed by atoms with Gasteiger partial charge in [0, 0.05) is 45.5 Å². The maximum Gasteiger partial charge on any atom is 0.410 e. The fourth-order valence-corrected chi connectivity index (χ4v) is 3.80. The van der Waals surface area contributed by atoms with Gasteiger partial charge in [-0.2, -0.15) is 0 Å². The predicted molar refractivity (Wildman–Crippen MR) is 97.5 cm³/mol. The Bertz CT molecular complexity index is 610. The number of nitrogens with zero attached hydrogens (tertiary/aromatic N) is 4. The molecular formula is C19H28N4O3. The summed E-state index contributed by atoms with van der Waals surface area (Å²) in [5.74, 6) is 0.0646. The average molecular weight is 360 g/mol. The third kappa shape index (κ3) is 4.52. The first kappa shape index (κ1) is 18.6. The molecule has 3 rings (SSSR count). The summed E-state index contributed by atoms with van der Waals surface area (Å²) in [7, 11) is 1.37. The van der Waals surface area contributed by atoms with Gasteiger partial charge in [0.05, 0.1) is 12.8 Å². The van der Waals surface area contributed by atoms with E-state index in [0.29, 0.717) is 13.1 Å². The fourth-order valence-electron chi connectivity index (χ4n) is 3.80. The summed E-state index contributed by atoms with van der Waals surface area (Å²) >= 11 is 0. The number of aromatic nitrogens is 1. The Morgan fingerprint density at radius 1 is 1.12 bits per heavy atom. The Balaban J connectivity index is 1.59. The van der Waals surface area contributed by atoms with Gasteiger partial charge in [-0.25, -0.2) is 4.79 Å². The number of hydrogen-bond acceptors (Lipinski definition) is 5. The van der Waals surface area contributed by atoms with E-state index in [1.807, 2.05) is 29.3 Å². The van der Waals surface area contributed by atoms with Crippen LogP contribution in [0, 0.1) is 0 Å². The highest BCUT2D eigenvalue weighted by atomic mass is 16.5. The van der Waals surface area contributed by atoms with E-state index in [2.05, 4.69) is 9.88 Å². The van der Waals surface area contributed by atoms with Crippen LogP contribution in [0.2, 0.25) is 0 Å². The molecular weight excluding hydrogens is 332 g/mol. The number of ether oxygens (including phenoxy) is 1. The fraction of sp³-hybridized carbons (Fsp3) is 0.632. The number of piperidine rings is 1. The topological polar surface area (TPSA) is 66.0 Å². The molecule has 3 heterocycles. The van der Waals surface area contributed by atoms with Crippen molar-refractivity contribution in [1.82, 2.24) is 19.7 Å². The summed E-state index contributed by atoms with van der Waals surface area (Å²) < 4.78 is 4.87. The van der Waals surface area contributed by atoms with Gasteiger partial charge in [0.1, 0.15) is 6.04 Å². The molecule has 1 aromatic heterocycles. The van der Waals surface area contributed by atoms with Crippen molar-refractivity contribution in [2.24, 2.45) is 0 Å². The van der Waals surface area contributed by atoms with Crippen LogP contribution >= 0.6 is 0 Å². The van der Waals surface area contributed by atoms with Crippen molar-refractivity contribution < 1.29 is 14.3 Å². The molecule has 142 valence electrons. The largest absolute Gasteiger partial charge is 0.453 e.